The molecule has 1 amide bonds. The summed E-state index contributed by atoms with van der Waals surface area (Å²) in [5.74, 6) is -1.02. The summed E-state index contributed by atoms with van der Waals surface area (Å²) < 4.78 is 16.0. The third-order valence-electron chi connectivity index (χ3n) is 8.18. The minimum absolute atomic E-state index is 0.0168. The summed E-state index contributed by atoms with van der Waals surface area (Å²) in [6.07, 6.45) is 14.1. The quantitative estimate of drug-likeness (QED) is 0.0428. The summed E-state index contributed by atoms with van der Waals surface area (Å²) in [5, 5.41) is 32.7. The molecule has 0 aromatic heterocycles. The average molecular weight is 674 g/mol. The summed E-state index contributed by atoms with van der Waals surface area (Å²) in [5.41, 5.74) is -2.33. The van der Waals surface area contributed by atoms with Gasteiger partial charge in [0.2, 0.25) is 5.91 Å². The van der Waals surface area contributed by atoms with Crippen LogP contribution < -0.4 is 10.1 Å². The molecule has 11 heteroatoms. The van der Waals surface area contributed by atoms with E-state index in [1.54, 1.807) is 44.4 Å². The van der Waals surface area contributed by atoms with Gasteiger partial charge in [0.1, 0.15) is 18.4 Å². The Bertz CT molecular complexity index is 1200. The van der Waals surface area contributed by atoms with Gasteiger partial charge in [-0.15, -0.1) is 5.92 Å². The van der Waals surface area contributed by atoms with Crippen LogP contribution in [-0.4, -0.2) is 77.7 Å². The Balaban J connectivity index is 2.90. The SMILES string of the molecule is CC#CCOc1ccc(C[C@H](NC(=O)C(/C=C/CCCCCCC(CCCCCCC)OC)[C@@](O)(CC(=O)O)C(=O)O)C(=O)OC)cc1. The first-order chi connectivity index (χ1) is 23.0. The predicted octanol–water partition coefficient (Wildman–Crippen LogP) is 5.47. The summed E-state index contributed by atoms with van der Waals surface area (Å²) in [4.78, 5) is 49.8. The first-order valence-electron chi connectivity index (χ1n) is 16.9. The number of rotatable bonds is 26. The summed E-state index contributed by atoms with van der Waals surface area (Å²) >= 11 is 0. The molecule has 0 spiro atoms. The van der Waals surface area contributed by atoms with Crippen molar-refractivity contribution in [3.8, 4) is 17.6 Å². The van der Waals surface area contributed by atoms with Crippen LogP contribution in [0.3, 0.4) is 0 Å². The molecule has 0 radical (unpaired) electrons. The topological polar surface area (TPSA) is 169 Å². The molecule has 1 aromatic carbocycles. The molecule has 1 aromatic rings. The van der Waals surface area contributed by atoms with Crippen molar-refractivity contribution in [2.75, 3.05) is 20.8 Å². The number of nitrogens with one attached hydrogen (secondary N) is 1. The molecule has 0 fully saturated rings. The van der Waals surface area contributed by atoms with Crippen LogP contribution in [0, 0.1) is 17.8 Å². The first-order valence-corrected chi connectivity index (χ1v) is 16.9. The molecule has 0 aliphatic carbocycles. The number of aliphatic hydroxyl groups is 1. The van der Waals surface area contributed by atoms with Gasteiger partial charge >= 0.3 is 17.9 Å². The van der Waals surface area contributed by atoms with E-state index in [9.17, 15) is 34.5 Å². The third kappa shape index (κ3) is 16.3. The molecule has 0 aliphatic rings. The fourth-order valence-electron chi connectivity index (χ4n) is 5.33. The van der Waals surface area contributed by atoms with E-state index in [1.807, 2.05) is 0 Å². The number of allylic oxidation sites excluding steroid dienone is 1. The van der Waals surface area contributed by atoms with Crippen molar-refractivity contribution in [2.45, 2.75) is 121 Å². The van der Waals surface area contributed by atoms with E-state index in [-0.39, 0.29) is 19.1 Å². The number of methoxy groups -OCH3 is 2. The molecule has 0 saturated heterocycles. The van der Waals surface area contributed by atoms with Gasteiger partial charge in [0.15, 0.2) is 5.60 Å². The molecule has 0 heterocycles. The van der Waals surface area contributed by atoms with Gasteiger partial charge in [-0.3, -0.25) is 9.59 Å². The van der Waals surface area contributed by atoms with Gasteiger partial charge in [-0.2, -0.15) is 0 Å². The van der Waals surface area contributed by atoms with Crippen molar-refractivity contribution < 1.29 is 48.7 Å². The van der Waals surface area contributed by atoms with Crippen molar-refractivity contribution in [3.63, 3.8) is 0 Å². The second-order valence-electron chi connectivity index (χ2n) is 11.9. The molecule has 0 bridgehead atoms. The molecule has 268 valence electrons. The van der Waals surface area contributed by atoms with Crippen LogP contribution in [0.25, 0.3) is 0 Å². The zero-order valence-electron chi connectivity index (χ0n) is 29.0. The van der Waals surface area contributed by atoms with E-state index in [0.29, 0.717) is 17.7 Å². The fourth-order valence-corrected chi connectivity index (χ4v) is 5.33. The molecule has 4 atom stereocenters. The van der Waals surface area contributed by atoms with Crippen LogP contribution >= 0.6 is 0 Å². The van der Waals surface area contributed by atoms with Crippen molar-refractivity contribution >= 4 is 23.8 Å². The lowest BCUT2D eigenvalue weighted by molar-refractivity contribution is -0.172. The molecule has 1 rings (SSSR count). The molecule has 2 unspecified atom stereocenters. The highest BCUT2D eigenvalue weighted by Crippen LogP contribution is 2.26. The minimum Gasteiger partial charge on any atom is -0.481 e. The number of amides is 1. The Labute approximate surface area is 285 Å². The third-order valence-corrected chi connectivity index (χ3v) is 8.18. The number of unbranched alkanes of at least 4 members (excludes halogenated alkanes) is 8. The number of benzene rings is 1. The molecule has 11 nitrogen and oxygen atoms in total. The van der Waals surface area contributed by atoms with Gasteiger partial charge in [0, 0.05) is 13.5 Å². The maximum Gasteiger partial charge on any atom is 0.337 e. The van der Waals surface area contributed by atoms with Gasteiger partial charge < -0.3 is 34.8 Å². The van der Waals surface area contributed by atoms with Gasteiger partial charge in [-0.05, 0) is 50.3 Å². The molecule has 48 heavy (non-hydrogen) atoms. The van der Waals surface area contributed by atoms with E-state index < -0.39 is 47.8 Å². The number of ether oxygens (including phenoxy) is 3. The summed E-state index contributed by atoms with van der Waals surface area (Å²) in [6, 6.07) is 5.49. The molecular formula is C37H55NO10. The van der Waals surface area contributed by atoms with Gasteiger partial charge in [-0.25, -0.2) is 9.59 Å². The van der Waals surface area contributed by atoms with Crippen LogP contribution in [0.15, 0.2) is 36.4 Å². The monoisotopic (exact) mass is 673 g/mol. The zero-order valence-corrected chi connectivity index (χ0v) is 29.0. The van der Waals surface area contributed by atoms with Gasteiger partial charge in [0.25, 0.3) is 0 Å². The van der Waals surface area contributed by atoms with Crippen molar-refractivity contribution in [1.82, 2.24) is 5.32 Å². The maximum atomic E-state index is 13.5. The summed E-state index contributed by atoms with van der Waals surface area (Å²) in [6.45, 7) is 4.11. The number of carboxylic acid groups (broad SMARTS) is 2. The minimum atomic E-state index is -2.96. The average Bonchev–Trinajstić information content (AvgIpc) is 3.06. The lowest BCUT2D eigenvalue weighted by Crippen LogP contribution is -2.55. The molecule has 4 N–H and O–H groups in total. The Morgan fingerprint density at radius 1 is 0.938 bits per heavy atom. The number of carbonyl (C=O) groups excluding carboxylic acids is 2. The highest BCUT2D eigenvalue weighted by Gasteiger charge is 2.49. The lowest BCUT2D eigenvalue weighted by atomic mass is 9.82. The standard InChI is InChI=1S/C37H55NO10/c1-5-7-9-12-15-18-29(46-3)19-16-13-10-11-14-17-20-31(37(45,36(43)44)27-33(39)40)34(41)38-32(35(42)47-4)26-28-21-23-30(24-22-28)48-25-8-6-2/h17,20-24,29,31-32,45H,5,7,9-16,18-19,25-27H2,1-4H3,(H,38,41)(H,39,40)(H,43,44)/b20-17+/t29?,31?,32-,37-/m0/s1. The predicted molar refractivity (Wildman–Crippen MR) is 182 cm³/mol. The van der Waals surface area contributed by atoms with E-state index in [1.165, 1.54) is 38.2 Å². The van der Waals surface area contributed by atoms with E-state index in [2.05, 4.69) is 24.1 Å². The second kappa shape index (κ2) is 24.3. The van der Waals surface area contributed by atoms with Crippen LogP contribution in [0.1, 0.15) is 103 Å². The number of aliphatic carboxylic acids is 2. The van der Waals surface area contributed by atoms with E-state index >= 15 is 0 Å². The fraction of sp³-hybridized carbons (Fsp3) is 0.622. The van der Waals surface area contributed by atoms with Gasteiger partial charge in [-0.1, -0.05) is 88.5 Å². The number of hydrogen-bond donors (Lipinski definition) is 4. The Morgan fingerprint density at radius 2 is 1.56 bits per heavy atom. The van der Waals surface area contributed by atoms with Crippen LogP contribution in [0.2, 0.25) is 0 Å². The lowest BCUT2D eigenvalue weighted by Gasteiger charge is -2.29. The van der Waals surface area contributed by atoms with Crippen molar-refractivity contribution in [2.24, 2.45) is 5.92 Å². The molecular weight excluding hydrogens is 618 g/mol. The Morgan fingerprint density at radius 3 is 2.10 bits per heavy atom. The Kier molecular flexibility index (Phi) is 21.3. The summed E-state index contributed by atoms with van der Waals surface area (Å²) in [7, 11) is 2.90. The first kappa shape index (κ1) is 42.1. The zero-order chi connectivity index (χ0) is 35.8. The van der Waals surface area contributed by atoms with Crippen molar-refractivity contribution in [1.29, 1.82) is 0 Å². The highest BCUT2D eigenvalue weighted by molar-refractivity contribution is 5.94. The Hall–Kier alpha value is -3.88. The van der Waals surface area contributed by atoms with E-state index in [0.717, 1.165) is 45.6 Å². The number of carboxylic acids is 2. The molecule has 0 aliphatic heterocycles. The van der Waals surface area contributed by atoms with E-state index in [4.69, 9.17) is 14.2 Å². The largest absolute Gasteiger partial charge is 0.481 e. The number of esters is 1. The maximum absolute atomic E-state index is 13.5. The molecule has 0 saturated carbocycles. The smallest absolute Gasteiger partial charge is 0.337 e. The van der Waals surface area contributed by atoms with Crippen molar-refractivity contribution in [3.05, 3.63) is 42.0 Å². The number of hydrogen-bond acceptors (Lipinski definition) is 8. The van der Waals surface area contributed by atoms with Crippen LogP contribution in [-0.2, 0) is 35.1 Å². The van der Waals surface area contributed by atoms with Crippen LogP contribution in [0.4, 0.5) is 0 Å². The second-order valence-corrected chi connectivity index (χ2v) is 11.9. The highest BCUT2D eigenvalue weighted by atomic mass is 16.5. The van der Waals surface area contributed by atoms with Gasteiger partial charge in [0.05, 0.1) is 25.6 Å². The number of carbonyl (C=O) groups is 4. The normalized spacial score (nSPS) is 14.2. The van der Waals surface area contributed by atoms with Crippen LogP contribution in [0.5, 0.6) is 5.75 Å².